The van der Waals surface area contributed by atoms with Gasteiger partial charge in [0.1, 0.15) is 0 Å². The first-order valence-corrected chi connectivity index (χ1v) is 10.2. The maximum Gasteiger partial charge on any atom is 0.170 e. The van der Waals surface area contributed by atoms with Crippen molar-refractivity contribution in [3.63, 3.8) is 0 Å². The third-order valence-electron chi connectivity index (χ3n) is 5.64. The molecule has 5 heteroatoms. The normalized spacial score (nSPS) is 19.1. The first-order chi connectivity index (χ1) is 13.6. The number of benzene rings is 1. The Balaban J connectivity index is 1.80. The topological polar surface area (TPSA) is 33.1 Å². The van der Waals surface area contributed by atoms with Gasteiger partial charge in [-0.15, -0.1) is 0 Å². The van der Waals surface area contributed by atoms with Crippen LogP contribution in [0.2, 0.25) is 0 Å². The molecule has 1 fully saturated rings. The highest BCUT2D eigenvalue weighted by molar-refractivity contribution is 7.80. The minimum absolute atomic E-state index is 0.0308. The number of aryl methyl sites for hydroxylation is 1. The Kier molecular flexibility index (Phi) is 5.18. The highest BCUT2D eigenvalue weighted by atomic mass is 32.1. The molecule has 0 aliphatic carbocycles. The van der Waals surface area contributed by atoms with Gasteiger partial charge in [0, 0.05) is 30.7 Å². The monoisotopic (exact) mass is 390 g/mol. The Morgan fingerprint density at radius 1 is 1.07 bits per heavy atom. The average molecular weight is 391 g/mol. The van der Waals surface area contributed by atoms with Crippen molar-refractivity contribution in [1.29, 1.82) is 0 Å². The Morgan fingerprint density at radius 3 is 2.46 bits per heavy atom. The molecule has 144 valence electrons. The second kappa shape index (κ2) is 7.76. The van der Waals surface area contributed by atoms with Crippen molar-refractivity contribution < 1.29 is 0 Å². The van der Waals surface area contributed by atoms with E-state index in [0.29, 0.717) is 0 Å². The molecular formula is C23H26N4S. The number of pyridine rings is 1. The van der Waals surface area contributed by atoms with Crippen molar-refractivity contribution in [2.75, 3.05) is 0 Å². The van der Waals surface area contributed by atoms with E-state index in [4.69, 9.17) is 12.2 Å². The molecule has 0 saturated carbocycles. The number of nitrogens with one attached hydrogen (secondary N) is 1. The fourth-order valence-corrected chi connectivity index (χ4v) is 4.61. The van der Waals surface area contributed by atoms with Gasteiger partial charge in [-0.2, -0.15) is 0 Å². The summed E-state index contributed by atoms with van der Waals surface area (Å²) in [5.41, 5.74) is 6.18. The molecule has 4 nitrogen and oxygen atoms in total. The van der Waals surface area contributed by atoms with Gasteiger partial charge in [0.25, 0.3) is 0 Å². The fraction of sp³-hybridized carbons (Fsp3) is 0.304. The second-order valence-electron chi connectivity index (χ2n) is 7.31. The van der Waals surface area contributed by atoms with Gasteiger partial charge in [-0.1, -0.05) is 36.4 Å². The minimum Gasteiger partial charge on any atom is -0.352 e. The molecule has 2 atom stereocenters. The van der Waals surface area contributed by atoms with Crippen LogP contribution in [0, 0.1) is 13.8 Å². The van der Waals surface area contributed by atoms with Crippen molar-refractivity contribution in [1.82, 2.24) is 19.8 Å². The zero-order chi connectivity index (χ0) is 19.7. The number of aromatic nitrogens is 2. The molecule has 28 heavy (non-hydrogen) atoms. The standard InChI is InChI=1S/C23H26N4S/c1-4-26-16(2)14-19(17(26)3)22-21(20-12-8-9-13-24-20)25-23(28)27(22)15-18-10-6-5-7-11-18/h5-14,21-22H,4,15H2,1-3H3,(H,25,28). The quantitative estimate of drug-likeness (QED) is 0.641. The van der Waals surface area contributed by atoms with Gasteiger partial charge in [0.05, 0.1) is 17.8 Å². The van der Waals surface area contributed by atoms with Crippen LogP contribution in [0.5, 0.6) is 0 Å². The second-order valence-corrected chi connectivity index (χ2v) is 7.70. The zero-order valence-corrected chi connectivity index (χ0v) is 17.4. The third-order valence-corrected chi connectivity index (χ3v) is 5.99. The van der Waals surface area contributed by atoms with Gasteiger partial charge < -0.3 is 14.8 Å². The van der Waals surface area contributed by atoms with Crippen LogP contribution in [0.15, 0.2) is 60.8 Å². The number of hydrogen-bond acceptors (Lipinski definition) is 2. The van der Waals surface area contributed by atoms with Crippen molar-refractivity contribution in [2.45, 2.75) is 45.9 Å². The molecule has 1 aliphatic heterocycles. The molecule has 1 aliphatic rings. The van der Waals surface area contributed by atoms with E-state index in [-0.39, 0.29) is 12.1 Å². The van der Waals surface area contributed by atoms with E-state index in [0.717, 1.165) is 23.9 Å². The number of nitrogens with zero attached hydrogens (tertiary/aromatic N) is 3. The summed E-state index contributed by atoms with van der Waals surface area (Å²) in [6.07, 6.45) is 1.85. The van der Waals surface area contributed by atoms with Crippen LogP contribution in [0.1, 0.15) is 47.2 Å². The molecule has 2 aromatic heterocycles. The zero-order valence-electron chi connectivity index (χ0n) is 16.6. The van der Waals surface area contributed by atoms with Crippen molar-refractivity contribution in [3.8, 4) is 0 Å². The van der Waals surface area contributed by atoms with Gasteiger partial charge in [-0.25, -0.2) is 0 Å². The van der Waals surface area contributed by atoms with Crippen LogP contribution in [0.4, 0.5) is 0 Å². The highest BCUT2D eigenvalue weighted by Gasteiger charge is 2.41. The van der Waals surface area contributed by atoms with Gasteiger partial charge in [-0.05, 0) is 62.3 Å². The summed E-state index contributed by atoms with van der Waals surface area (Å²) in [6, 6.07) is 19.0. The predicted molar refractivity (Wildman–Crippen MR) is 117 cm³/mol. The van der Waals surface area contributed by atoms with Gasteiger partial charge in [0.15, 0.2) is 5.11 Å². The lowest BCUT2D eigenvalue weighted by Crippen LogP contribution is -2.29. The van der Waals surface area contributed by atoms with Crippen LogP contribution in [-0.4, -0.2) is 19.6 Å². The van der Waals surface area contributed by atoms with E-state index in [9.17, 15) is 0 Å². The molecule has 0 amide bonds. The SMILES string of the molecule is CCn1c(C)cc(C2C(c3ccccn3)NC(=S)N2Cc2ccccc2)c1C. The average Bonchev–Trinajstić information content (AvgIpc) is 3.19. The molecule has 1 aromatic carbocycles. The van der Waals surface area contributed by atoms with Crippen molar-refractivity contribution in [3.05, 3.63) is 89.0 Å². The summed E-state index contributed by atoms with van der Waals surface area (Å²) in [5.74, 6) is 0. The van der Waals surface area contributed by atoms with E-state index in [1.807, 2.05) is 24.4 Å². The Hall–Kier alpha value is -2.66. The van der Waals surface area contributed by atoms with E-state index >= 15 is 0 Å². The van der Waals surface area contributed by atoms with Crippen molar-refractivity contribution in [2.24, 2.45) is 0 Å². The third kappa shape index (κ3) is 3.31. The lowest BCUT2D eigenvalue weighted by Gasteiger charge is -2.28. The maximum absolute atomic E-state index is 5.79. The summed E-state index contributed by atoms with van der Waals surface area (Å²) in [5, 5.41) is 4.33. The maximum atomic E-state index is 5.79. The number of rotatable bonds is 5. The van der Waals surface area contributed by atoms with Crippen LogP contribution in [0.3, 0.4) is 0 Å². The Labute approximate surface area is 172 Å². The van der Waals surface area contributed by atoms with Crippen LogP contribution >= 0.6 is 12.2 Å². The smallest absolute Gasteiger partial charge is 0.170 e. The Bertz CT molecular complexity index is 965. The molecule has 4 rings (SSSR count). The molecule has 0 bridgehead atoms. The van der Waals surface area contributed by atoms with Crippen LogP contribution in [-0.2, 0) is 13.1 Å². The van der Waals surface area contributed by atoms with Gasteiger partial charge >= 0.3 is 0 Å². The lowest BCUT2D eigenvalue weighted by molar-refractivity contribution is 0.310. The highest BCUT2D eigenvalue weighted by Crippen LogP contribution is 2.41. The van der Waals surface area contributed by atoms with E-state index in [1.54, 1.807) is 0 Å². The largest absolute Gasteiger partial charge is 0.352 e. The molecule has 2 unspecified atom stereocenters. The number of hydrogen-bond donors (Lipinski definition) is 1. The first kappa shape index (κ1) is 18.7. The van der Waals surface area contributed by atoms with E-state index in [1.165, 1.54) is 22.5 Å². The molecule has 0 spiro atoms. The fourth-order valence-electron chi connectivity index (χ4n) is 4.31. The predicted octanol–water partition coefficient (Wildman–Crippen LogP) is 4.69. The van der Waals surface area contributed by atoms with E-state index in [2.05, 4.69) is 76.9 Å². The van der Waals surface area contributed by atoms with Crippen LogP contribution in [0.25, 0.3) is 0 Å². The summed E-state index contributed by atoms with van der Waals surface area (Å²) in [7, 11) is 0. The molecule has 3 heterocycles. The number of thiocarbonyl (C=S) groups is 1. The van der Waals surface area contributed by atoms with Crippen molar-refractivity contribution >= 4 is 17.3 Å². The minimum atomic E-state index is 0.0308. The van der Waals surface area contributed by atoms with Gasteiger partial charge in [-0.3, -0.25) is 4.98 Å². The Morgan fingerprint density at radius 2 is 1.82 bits per heavy atom. The summed E-state index contributed by atoms with van der Waals surface area (Å²) >= 11 is 5.79. The molecule has 3 aromatic rings. The summed E-state index contributed by atoms with van der Waals surface area (Å²) in [4.78, 5) is 6.95. The summed E-state index contributed by atoms with van der Waals surface area (Å²) in [6.45, 7) is 8.33. The molecule has 0 radical (unpaired) electrons. The lowest BCUT2D eigenvalue weighted by atomic mass is 9.96. The molecule has 1 N–H and O–H groups in total. The molecule has 1 saturated heterocycles. The van der Waals surface area contributed by atoms with E-state index < -0.39 is 0 Å². The first-order valence-electron chi connectivity index (χ1n) is 9.78. The summed E-state index contributed by atoms with van der Waals surface area (Å²) < 4.78 is 2.37. The van der Waals surface area contributed by atoms with Crippen LogP contribution < -0.4 is 5.32 Å². The molecular weight excluding hydrogens is 364 g/mol. The van der Waals surface area contributed by atoms with Gasteiger partial charge in [0.2, 0.25) is 0 Å².